The number of aliphatic hydroxyl groups is 1. The minimum atomic E-state index is -0.685. The minimum Gasteiger partial charge on any atom is -0.387 e. The van der Waals surface area contributed by atoms with Gasteiger partial charge >= 0.3 is 0 Å². The van der Waals surface area contributed by atoms with Crippen molar-refractivity contribution < 1.29 is 24.1 Å². The highest BCUT2D eigenvalue weighted by molar-refractivity contribution is 7.99. The van der Waals surface area contributed by atoms with Gasteiger partial charge in [-0.1, -0.05) is 47.0 Å². The van der Waals surface area contributed by atoms with E-state index in [1.165, 1.54) is 0 Å². The molecule has 0 spiro atoms. The predicted molar refractivity (Wildman–Crippen MR) is 108 cm³/mol. The fourth-order valence-electron chi connectivity index (χ4n) is 2.90. The molecule has 0 saturated carbocycles. The lowest BCUT2D eigenvalue weighted by Crippen LogP contribution is -2.59. The van der Waals surface area contributed by atoms with Gasteiger partial charge in [-0.2, -0.15) is 0 Å². The van der Waals surface area contributed by atoms with Crippen LogP contribution in [0.15, 0.2) is 0 Å². The summed E-state index contributed by atoms with van der Waals surface area (Å²) in [5.41, 5.74) is -0.294. The highest BCUT2D eigenvalue weighted by Crippen LogP contribution is 2.32. The lowest BCUT2D eigenvalue weighted by atomic mass is 9.99. The zero-order valence-electron chi connectivity index (χ0n) is 17.2. The van der Waals surface area contributed by atoms with E-state index in [0.29, 0.717) is 19.8 Å². The summed E-state index contributed by atoms with van der Waals surface area (Å²) in [5, 5.41) is 10.8. The largest absolute Gasteiger partial charge is 0.387 e. The average molecular weight is 393 g/mol. The van der Waals surface area contributed by atoms with Gasteiger partial charge in [0.25, 0.3) is 0 Å². The molecule has 1 aliphatic heterocycles. The van der Waals surface area contributed by atoms with Crippen LogP contribution in [-0.4, -0.2) is 67.1 Å². The topological polar surface area (TPSA) is 57.2 Å². The maximum absolute atomic E-state index is 10.8. The van der Waals surface area contributed by atoms with Crippen LogP contribution in [0.1, 0.15) is 66.2 Å². The van der Waals surface area contributed by atoms with E-state index in [0.717, 1.165) is 50.9 Å². The highest BCUT2D eigenvalue weighted by atomic mass is 32.2. The van der Waals surface area contributed by atoms with Crippen molar-refractivity contribution in [2.24, 2.45) is 0 Å². The normalized spacial score (nSPS) is 29.2. The Bertz CT molecular complexity index is 331. The molecule has 1 fully saturated rings. The molecule has 156 valence electrons. The summed E-state index contributed by atoms with van der Waals surface area (Å²) in [6.07, 6.45) is 4.72. The van der Waals surface area contributed by atoms with Gasteiger partial charge in [0.2, 0.25) is 0 Å². The van der Waals surface area contributed by atoms with Gasteiger partial charge in [-0.25, -0.2) is 0 Å². The van der Waals surface area contributed by atoms with Crippen LogP contribution in [0.5, 0.6) is 0 Å². The third-order valence-electron chi connectivity index (χ3n) is 4.49. The van der Waals surface area contributed by atoms with Crippen LogP contribution in [0.4, 0.5) is 0 Å². The monoisotopic (exact) mass is 392 g/mol. The molecular formula is C20H40O5S. The third-order valence-corrected chi connectivity index (χ3v) is 5.54. The van der Waals surface area contributed by atoms with Gasteiger partial charge in [0.1, 0.15) is 29.9 Å². The molecule has 1 saturated heterocycles. The summed E-state index contributed by atoms with van der Waals surface area (Å²) in [5.74, 6) is 0.883. The first kappa shape index (κ1) is 24.2. The van der Waals surface area contributed by atoms with Crippen molar-refractivity contribution in [3.8, 4) is 0 Å². The average Bonchev–Trinajstić information content (AvgIpc) is 2.64. The molecule has 3 unspecified atom stereocenters. The number of thioether (sulfide) groups is 1. The summed E-state index contributed by atoms with van der Waals surface area (Å²) in [7, 11) is 0. The van der Waals surface area contributed by atoms with Gasteiger partial charge < -0.3 is 24.1 Å². The van der Waals surface area contributed by atoms with Gasteiger partial charge in [0, 0.05) is 19.8 Å². The second kappa shape index (κ2) is 15.1. The second-order valence-electron chi connectivity index (χ2n) is 6.80. The van der Waals surface area contributed by atoms with Gasteiger partial charge in [-0.3, -0.25) is 0 Å². The molecule has 0 aromatic carbocycles. The van der Waals surface area contributed by atoms with E-state index < -0.39 is 6.10 Å². The third kappa shape index (κ3) is 8.44. The number of hydrogen-bond donors (Lipinski definition) is 1. The molecule has 0 radical (unpaired) electrons. The van der Waals surface area contributed by atoms with Crippen molar-refractivity contribution in [3.05, 3.63) is 0 Å². The zero-order chi connectivity index (χ0) is 19.2. The standard InChI is InChI=1S/C20H40O5S/c1-5-9-12-22-15-16-18(23-13-10-6-2)19(24-14-11-7-3)17(21)20(25-16)26-8-4/h16-21H,5-15H2,1-4H3/t16?,17?,18-,19?,20-/m1/s1. The molecule has 5 atom stereocenters. The predicted octanol–water partition coefficient (Wildman–Crippen LogP) is 4.01. The molecule has 1 heterocycles. The van der Waals surface area contributed by atoms with Crippen LogP contribution in [0.3, 0.4) is 0 Å². The Balaban J connectivity index is 2.79. The van der Waals surface area contributed by atoms with Crippen molar-refractivity contribution >= 4 is 11.8 Å². The molecule has 6 heteroatoms. The molecule has 0 aliphatic carbocycles. The molecule has 1 rings (SSSR count). The van der Waals surface area contributed by atoms with E-state index in [1.807, 2.05) is 0 Å². The van der Waals surface area contributed by atoms with Crippen molar-refractivity contribution in [1.82, 2.24) is 0 Å². The zero-order valence-corrected chi connectivity index (χ0v) is 18.0. The molecular weight excluding hydrogens is 352 g/mol. The van der Waals surface area contributed by atoms with Crippen molar-refractivity contribution in [2.45, 2.75) is 96.1 Å². The van der Waals surface area contributed by atoms with Crippen molar-refractivity contribution in [2.75, 3.05) is 32.2 Å². The van der Waals surface area contributed by atoms with E-state index in [4.69, 9.17) is 18.9 Å². The summed E-state index contributed by atoms with van der Waals surface area (Å²) < 4.78 is 24.2. The van der Waals surface area contributed by atoms with Crippen LogP contribution in [-0.2, 0) is 18.9 Å². The minimum absolute atomic E-state index is 0.206. The van der Waals surface area contributed by atoms with Gasteiger partial charge in [-0.05, 0) is 25.0 Å². The first-order chi connectivity index (χ1) is 12.7. The molecule has 5 nitrogen and oxygen atoms in total. The summed E-state index contributed by atoms with van der Waals surface area (Å²) >= 11 is 1.62. The lowest BCUT2D eigenvalue weighted by molar-refractivity contribution is -0.237. The van der Waals surface area contributed by atoms with Gasteiger partial charge in [0.15, 0.2) is 0 Å². The van der Waals surface area contributed by atoms with E-state index in [-0.39, 0.29) is 23.7 Å². The Morgan fingerprint density at radius 2 is 1.42 bits per heavy atom. The number of rotatable bonds is 15. The molecule has 1 N–H and O–H groups in total. The van der Waals surface area contributed by atoms with Crippen LogP contribution in [0.2, 0.25) is 0 Å². The Morgan fingerprint density at radius 3 is 2.00 bits per heavy atom. The highest BCUT2D eigenvalue weighted by Gasteiger charge is 2.46. The van der Waals surface area contributed by atoms with E-state index in [2.05, 4.69) is 27.7 Å². The second-order valence-corrected chi connectivity index (χ2v) is 8.17. The maximum atomic E-state index is 10.8. The fraction of sp³-hybridized carbons (Fsp3) is 1.00. The number of hydrogen-bond acceptors (Lipinski definition) is 6. The summed E-state index contributed by atoms with van der Waals surface area (Å²) in [4.78, 5) is 0. The van der Waals surface area contributed by atoms with Crippen molar-refractivity contribution in [1.29, 1.82) is 0 Å². The Hall–Kier alpha value is 0.150. The van der Waals surface area contributed by atoms with Gasteiger partial charge in [0.05, 0.1) is 6.61 Å². The van der Waals surface area contributed by atoms with Crippen molar-refractivity contribution in [3.63, 3.8) is 0 Å². The van der Waals surface area contributed by atoms with Crippen LogP contribution >= 0.6 is 11.8 Å². The SMILES string of the molecule is CCCCOCC1O[C@H](SCC)C(O)C(OCCCC)[C@@H]1OCCCC. The Morgan fingerprint density at radius 1 is 0.846 bits per heavy atom. The molecule has 0 aromatic rings. The van der Waals surface area contributed by atoms with Gasteiger partial charge in [-0.15, -0.1) is 11.8 Å². The van der Waals surface area contributed by atoms with Crippen LogP contribution in [0.25, 0.3) is 0 Å². The van der Waals surface area contributed by atoms with Crippen LogP contribution in [0, 0.1) is 0 Å². The van der Waals surface area contributed by atoms with E-state index in [9.17, 15) is 5.11 Å². The smallest absolute Gasteiger partial charge is 0.132 e. The Labute approximate surface area is 164 Å². The number of ether oxygens (including phenoxy) is 4. The fourth-order valence-corrected chi connectivity index (χ4v) is 3.80. The molecule has 26 heavy (non-hydrogen) atoms. The van der Waals surface area contributed by atoms with E-state index in [1.54, 1.807) is 11.8 Å². The Kier molecular flexibility index (Phi) is 14.1. The summed E-state index contributed by atoms with van der Waals surface area (Å²) in [6, 6.07) is 0. The summed E-state index contributed by atoms with van der Waals surface area (Å²) in [6.45, 7) is 11.0. The first-order valence-corrected chi connectivity index (χ1v) is 11.5. The lowest BCUT2D eigenvalue weighted by Gasteiger charge is -2.44. The number of aliphatic hydroxyl groups excluding tert-OH is 1. The number of unbranched alkanes of at least 4 members (excludes halogenated alkanes) is 3. The molecule has 0 aromatic heterocycles. The molecule has 0 amide bonds. The first-order valence-electron chi connectivity index (χ1n) is 10.5. The van der Waals surface area contributed by atoms with Crippen LogP contribution < -0.4 is 0 Å². The molecule has 0 bridgehead atoms. The van der Waals surface area contributed by atoms with E-state index >= 15 is 0 Å². The maximum Gasteiger partial charge on any atom is 0.132 e. The quantitative estimate of drug-likeness (QED) is 0.425. The molecule has 1 aliphatic rings.